The minimum Gasteiger partial charge on any atom is -0.365 e. The van der Waals surface area contributed by atoms with Gasteiger partial charge in [0.1, 0.15) is 5.01 Å². The predicted molar refractivity (Wildman–Crippen MR) is 119 cm³/mol. The van der Waals surface area contributed by atoms with Gasteiger partial charge in [-0.3, -0.25) is 4.79 Å². The normalized spacial score (nSPS) is 14.7. The molecule has 0 spiro atoms. The van der Waals surface area contributed by atoms with Crippen LogP contribution in [0.15, 0.2) is 5.38 Å². The van der Waals surface area contributed by atoms with E-state index < -0.39 is 0 Å². The van der Waals surface area contributed by atoms with E-state index in [4.69, 9.17) is 0 Å². The molecule has 2 aromatic heterocycles. The molecule has 0 radical (unpaired) electrons. The van der Waals surface area contributed by atoms with Crippen LogP contribution in [0.2, 0.25) is 0 Å². The Morgan fingerprint density at radius 2 is 2.07 bits per heavy atom. The summed E-state index contributed by atoms with van der Waals surface area (Å²) in [7, 11) is 4.12. The minimum atomic E-state index is 0.139. The summed E-state index contributed by atoms with van der Waals surface area (Å²) in [6.07, 6.45) is 0. The maximum absolute atomic E-state index is 11.5. The lowest BCUT2D eigenvalue weighted by atomic mass is 10.3. The fourth-order valence-electron chi connectivity index (χ4n) is 2.91. The summed E-state index contributed by atoms with van der Waals surface area (Å²) in [6.45, 7) is 6.44. The first-order valence-electron chi connectivity index (χ1n) is 9.25. The molecule has 0 unspecified atom stereocenters. The van der Waals surface area contributed by atoms with Crippen LogP contribution in [0.25, 0.3) is 0 Å². The molecule has 0 aromatic carbocycles. The second kappa shape index (κ2) is 10.4. The van der Waals surface area contributed by atoms with Crippen LogP contribution in [0.5, 0.6) is 0 Å². The molecule has 3 rings (SSSR count). The smallest absolute Gasteiger partial charge is 0.219 e. The number of piperazine rings is 1. The van der Waals surface area contributed by atoms with Gasteiger partial charge in [-0.25, -0.2) is 4.98 Å². The summed E-state index contributed by atoms with van der Waals surface area (Å²) in [5.41, 5.74) is 1.16. The molecule has 8 nitrogen and oxygen atoms in total. The van der Waals surface area contributed by atoms with Gasteiger partial charge in [-0.15, -0.1) is 11.3 Å². The van der Waals surface area contributed by atoms with Crippen LogP contribution < -0.4 is 10.2 Å². The standard InChI is InChI=1S/C17H27N7OS3/c1-13(25)23-5-7-24(8-6-23)17-16(20-28-21-17)18-4-9-26-11-14-12-27-15(19-14)10-22(2)3/h12H,4-11H2,1-3H3,(H,18,20). The molecule has 0 saturated carbocycles. The lowest BCUT2D eigenvalue weighted by Gasteiger charge is -2.34. The number of thioether (sulfide) groups is 1. The SMILES string of the molecule is CC(=O)N1CCN(c2nsnc2NCCSCc2csc(CN(C)C)n2)CC1. The predicted octanol–water partition coefficient (Wildman–Crippen LogP) is 2.07. The van der Waals surface area contributed by atoms with Crippen molar-refractivity contribution in [3.8, 4) is 0 Å². The van der Waals surface area contributed by atoms with E-state index in [0.717, 1.165) is 68.1 Å². The fourth-order valence-corrected chi connectivity index (χ4v) is 5.22. The van der Waals surface area contributed by atoms with Crippen molar-refractivity contribution >= 4 is 52.4 Å². The molecule has 0 atom stereocenters. The maximum atomic E-state index is 11.5. The van der Waals surface area contributed by atoms with Crippen molar-refractivity contribution in [3.63, 3.8) is 0 Å². The number of carbonyl (C=O) groups is 1. The molecule has 154 valence electrons. The van der Waals surface area contributed by atoms with Crippen molar-refractivity contribution in [3.05, 3.63) is 16.1 Å². The van der Waals surface area contributed by atoms with Gasteiger partial charge in [-0.1, -0.05) is 0 Å². The molecule has 0 aliphatic carbocycles. The first-order chi connectivity index (χ1) is 13.5. The summed E-state index contributed by atoms with van der Waals surface area (Å²) in [5.74, 6) is 3.81. The van der Waals surface area contributed by atoms with E-state index in [9.17, 15) is 4.79 Å². The number of carbonyl (C=O) groups excluding carboxylic acids is 1. The number of amides is 1. The van der Waals surface area contributed by atoms with Gasteiger partial charge in [-0.05, 0) is 14.1 Å². The van der Waals surface area contributed by atoms with Crippen LogP contribution in [-0.4, -0.2) is 82.0 Å². The lowest BCUT2D eigenvalue weighted by Crippen LogP contribution is -2.48. The summed E-state index contributed by atoms with van der Waals surface area (Å²) in [6, 6.07) is 0. The zero-order valence-corrected chi connectivity index (χ0v) is 19.0. The molecule has 1 saturated heterocycles. The van der Waals surface area contributed by atoms with E-state index >= 15 is 0 Å². The van der Waals surface area contributed by atoms with E-state index in [1.807, 2.05) is 16.7 Å². The van der Waals surface area contributed by atoms with Crippen LogP contribution in [0.1, 0.15) is 17.6 Å². The van der Waals surface area contributed by atoms with Crippen molar-refractivity contribution in [1.82, 2.24) is 23.5 Å². The maximum Gasteiger partial charge on any atom is 0.219 e. The average Bonchev–Trinajstić information content (AvgIpc) is 3.30. The highest BCUT2D eigenvalue weighted by atomic mass is 32.2. The number of hydrogen-bond acceptors (Lipinski definition) is 10. The second-order valence-electron chi connectivity index (χ2n) is 6.88. The first kappa shape index (κ1) is 21.3. The quantitative estimate of drug-likeness (QED) is 0.593. The molecule has 1 fully saturated rings. The Bertz CT molecular complexity index is 756. The van der Waals surface area contributed by atoms with Crippen LogP contribution in [-0.2, 0) is 17.1 Å². The van der Waals surface area contributed by atoms with Gasteiger partial charge in [-0.2, -0.15) is 20.5 Å². The van der Waals surface area contributed by atoms with Gasteiger partial charge in [0.15, 0.2) is 11.6 Å². The number of rotatable bonds is 9. The second-order valence-corrected chi connectivity index (χ2v) is 9.46. The molecule has 3 heterocycles. The van der Waals surface area contributed by atoms with Gasteiger partial charge < -0.3 is 20.0 Å². The number of nitrogens with one attached hydrogen (secondary N) is 1. The van der Waals surface area contributed by atoms with Crippen molar-refractivity contribution in [2.45, 2.75) is 19.2 Å². The number of nitrogens with zero attached hydrogens (tertiary/aromatic N) is 6. The largest absolute Gasteiger partial charge is 0.365 e. The Morgan fingerprint density at radius 1 is 1.29 bits per heavy atom. The van der Waals surface area contributed by atoms with Crippen molar-refractivity contribution < 1.29 is 4.79 Å². The minimum absolute atomic E-state index is 0.139. The highest BCUT2D eigenvalue weighted by molar-refractivity contribution is 7.98. The zero-order valence-electron chi connectivity index (χ0n) is 16.6. The third kappa shape index (κ3) is 6.03. The molecule has 1 aliphatic heterocycles. The fraction of sp³-hybridized carbons (Fsp3) is 0.647. The molecule has 1 N–H and O–H groups in total. The summed E-state index contributed by atoms with van der Waals surface area (Å²) >= 11 is 4.83. The number of thiazole rings is 1. The van der Waals surface area contributed by atoms with E-state index in [2.05, 4.69) is 48.3 Å². The van der Waals surface area contributed by atoms with E-state index in [1.54, 1.807) is 18.3 Å². The van der Waals surface area contributed by atoms with Crippen molar-refractivity contribution in [2.75, 3.05) is 62.8 Å². The number of anilines is 2. The zero-order chi connectivity index (χ0) is 19.9. The Morgan fingerprint density at radius 3 is 2.79 bits per heavy atom. The molecule has 1 aliphatic rings. The van der Waals surface area contributed by atoms with E-state index in [1.165, 1.54) is 16.7 Å². The van der Waals surface area contributed by atoms with E-state index in [-0.39, 0.29) is 5.91 Å². The van der Waals surface area contributed by atoms with Crippen LogP contribution in [0.3, 0.4) is 0 Å². The van der Waals surface area contributed by atoms with Gasteiger partial charge >= 0.3 is 0 Å². The molecule has 1 amide bonds. The summed E-state index contributed by atoms with van der Waals surface area (Å²) < 4.78 is 8.86. The third-order valence-corrected chi connectivity index (χ3v) is 6.73. The van der Waals surface area contributed by atoms with Crippen LogP contribution in [0, 0.1) is 0 Å². The highest BCUT2D eigenvalue weighted by Gasteiger charge is 2.22. The molecule has 2 aromatic rings. The third-order valence-electron chi connectivity index (χ3n) is 4.34. The first-order valence-corrected chi connectivity index (χ1v) is 12.0. The van der Waals surface area contributed by atoms with Gasteiger partial charge in [0, 0.05) is 63.1 Å². The van der Waals surface area contributed by atoms with Gasteiger partial charge in [0.25, 0.3) is 0 Å². The molecule has 28 heavy (non-hydrogen) atoms. The molecular weight excluding hydrogens is 414 g/mol. The number of aromatic nitrogens is 3. The number of hydrogen-bond donors (Lipinski definition) is 1. The molecule has 0 bridgehead atoms. The highest BCUT2D eigenvalue weighted by Crippen LogP contribution is 2.24. The summed E-state index contributed by atoms with van der Waals surface area (Å²) in [5, 5.41) is 6.73. The van der Waals surface area contributed by atoms with Crippen LogP contribution >= 0.6 is 34.8 Å². The Labute approximate surface area is 178 Å². The van der Waals surface area contributed by atoms with Crippen LogP contribution in [0.4, 0.5) is 11.6 Å². The Kier molecular flexibility index (Phi) is 7.89. The van der Waals surface area contributed by atoms with E-state index in [0.29, 0.717) is 0 Å². The van der Waals surface area contributed by atoms with Gasteiger partial charge in [0.05, 0.1) is 17.4 Å². The Balaban J connectivity index is 1.38. The molecular formula is C17H27N7OS3. The summed E-state index contributed by atoms with van der Waals surface area (Å²) in [4.78, 5) is 22.4. The monoisotopic (exact) mass is 441 g/mol. The topological polar surface area (TPSA) is 77.5 Å². The lowest BCUT2D eigenvalue weighted by molar-refractivity contribution is -0.129. The Hall–Kier alpha value is -1.43. The van der Waals surface area contributed by atoms with Crippen molar-refractivity contribution in [2.24, 2.45) is 0 Å². The average molecular weight is 442 g/mol. The van der Waals surface area contributed by atoms with Crippen molar-refractivity contribution in [1.29, 1.82) is 0 Å². The molecule has 11 heteroatoms. The van der Waals surface area contributed by atoms with Gasteiger partial charge in [0.2, 0.25) is 5.91 Å².